The number of ether oxygens (including phenoxy) is 1. The maximum absolute atomic E-state index is 12.1. The topological polar surface area (TPSA) is 63.6 Å². The van der Waals surface area contributed by atoms with Crippen molar-refractivity contribution in [2.75, 3.05) is 0 Å². The number of halogens is 2. The normalized spacial score (nSPS) is 11.2. The molecule has 7 heteroatoms. The number of carbonyl (C=O) groups is 1. The van der Waals surface area contributed by atoms with Crippen molar-refractivity contribution in [3.8, 4) is 5.75 Å². The molecule has 5 nitrogen and oxygen atoms in total. The van der Waals surface area contributed by atoms with E-state index in [-0.39, 0.29) is 11.4 Å². The Balaban J connectivity index is 1.63. The highest BCUT2D eigenvalue weighted by atomic mass is 19.3. The Morgan fingerprint density at radius 2 is 1.84 bits per heavy atom. The van der Waals surface area contributed by atoms with E-state index in [1.807, 2.05) is 30.3 Å². The van der Waals surface area contributed by atoms with E-state index >= 15 is 0 Å². The first kappa shape index (κ1) is 16.5. The van der Waals surface area contributed by atoms with Crippen LogP contribution in [0.15, 0.2) is 65.8 Å². The minimum Gasteiger partial charge on any atom is -0.435 e. The molecule has 0 unspecified atom stereocenters. The van der Waals surface area contributed by atoms with Gasteiger partial charge in [0.05, 0.1) is 11.7 Å². The molecule has 0 aliphatic rings. The number of nitrogens with one attached hydrogen (secondary N) is 1. The van der Waals surface area contributed by atoms with E-state index in [0.717, 1.165) is 5.39 Å². The zero-order valence-corrected chi connectivity index (χ0v) is 12.9. The van der Waals surface area contributed by atoms with Crippen LogP contribution in [0.2, 0.25) is 0 Å². The fourth-order valence-electron chi connectivity index (χ4n) is 2.15. The maximum atomic E-state index is 12.1. The smallest absolute Gasteiger partial charge is 0.387 e. The molecule has 0 bridgehead atoms. The van der Waals surface area contributed by atoms with Crippen molar-refractivity contribution in [3.63, 3.8) is 0 Å². The number of carbonyl (C=O) groups excluding carboxylic acids is 1. The lowest BCUT2D eigenvalue weighted by molar-refractivity contribution is -0.0498. The number of alkyl halides is 2. The van der Waals surface area contributed by atoms with Gasteiger partial charge >= 0.3 is 6.61 Å². The van der Waals surface area contributed by atoms with Gasteiger partial charge in [0.25, 0.3) is 5.91 Å². The molecule has 1 N–H and O–H groups in total. The zero-order chi connectivity index (χ0) is 17.6. The lowest BCUT2D eigenvalue weighted by atomic mass is 10.2. The van der Waals surface area contributed by atoms with Gasteiger partial charge in [-0.1, -0.05) is 24.3 Å². The maximum Gasteiger partial charge on any atom is 0.387 e. The first-order valence-electron chi connectivity index (χ1n) is 7.36. The standard InChI is InChI=1S/C18H13F2N3O2/c19-18(20)25-14-8-5-12(6-9-14)11-21-23-17(24)16-10-7-13-3-1-2-4-15(13)22-16/h1-11,18H,(H,23,24)/b21-11+. The molecule has 0 spiro atoms. The number of benzene rings is 2. The molecule has 0 fully saturated rings. The summed E-state index contributed by atoms with van der Waals surface area (Å²) >= 11 is 0. The zero-order valence-electron chi connectivity index (χ0n) is 12.9. The van der Waals surface area contributed by atoms with Crippen molar-refractivity contribution in [1.82, 2.24) is 10.4 Å². The summed E-state index contributed by atoms with van der Waals surface area (Å²) in [5.74, 6) is -0.392. The molecule has 0 saturated carbocycles. The number of pyridine rings is 1. The second kappa shape index (κ2) is 7.48. The summed E-state index contributed by atoms with van der Waals surface area (Å²) < 4.78 is 28.4. The minimum atomic E-state index is -2.87. The number of para-hydroxylation sites is 1. The van der Waals surface area contributed by atoms with Crippen molar-refractivity contribution < 1.29 is 18.3 Å². The summed E-state index contributed by atoms with van der Waals surface area (Å²) in [5.41, 5.74) is 3.96. The number of fused-ring (bicyclic) bond motifs is 1. The van der Waals surface area contributed by atoms with Crippen LogP contribution in [0, 0.1) is 0 Å². The van der Waals surface area contributed by atoms with Gasteiger partial charge in [0.1, 0.15) is 11.4 Å². The van der Waals surface area contributed by atoms with Crippen LogP contribution in [-0.2, 0) is 0 Å². The molecular formula is C18H13F2N3O2. The molecule has 1 amide bonds. The highest BCUT2D eigenvalue weighted by Crippen LogP contribution is 2.14. The van der Waals surface area contributed by atoms with Crippen LogP contribution in [0.3, 0.4) is 0 Å². The predicted octanol–water partition coefficient (Wildman–Crippen LogP) is 3.60. The second-order valence-electron chi connectivity index (χ2n) is 5.04. The average Bonchev–Trinajstić information content (AvgIpc) is 2.62. The second-order valence-corrected chi connectivity index (χ2v) is 5.04. The monoisotopic (exact) mass is 341 g/mol. The molecule has 126 valence electrons. The first-order valence-corrected chi connectivity index (χ1v) is 7.36. The van der Waals surface area contributed by atoms with Crippen LogP contribution in [-0.4, -0.2) is 23.7 Å². The highest BCUT2D eigenvalue weighted by molar-refractivity contribution is 5.95. The fourth-order valence-corrected chi connectivity index (χ4v) is 2.15. The lowest BCUT2D eigenvalue weighted by Gasteiger charge is -2.04. The largest absolute Gasteiger partial charge is 0.435 e. The number of rotatable bonds is 5. The van der Waals surface area contributed by atoms with E-state index in [4.69, 9.17) is 0 Å². The molecule has 0 atom stereocenters. The SMILES string of the molecule is O=C(N/N=C/c1ccc(OC(F)F)cc1)c1ccc2ccccc2n1. The van der Waals surface area contributed by atoms with E-state index in [1.54, 1.807) is 18.2 Å². The molecule has 3 aromatic rings. The number of amides is 1. The van der Waals surface area contributed by atoms with Crippen LogP contribution in [0.1, 0.15) is 16.1 Å². The van der Waals surface area contributed by atoms with Crippen molar-refractivity contribution in [3.05, 3.63) is 71.9 Å². The Labute approximate surface area is 142 Å². The Kier molecular flexibility index (Phi) is 4.94. The Bertz CT molecular complexity index is 912. The summed E-state index contributed by atoms with van der Waals surface area (Å²) in [6.07, 6.45) is 1.39. The van der Waals surface area contributed by atoms with Crippen molar-refractivity contribution in [2.24, 2.45) is 5.10 Å². The molecule has 0 saturated heterocycles. The molecular weight excluding hydrogens is 328 g/mol. The van der Waals surface area contributed by atoms with Gasteiger partial charge < -0.3 is 4.74 Å². The lowest BCUT2D eigenvalue weighted by Crippen LogP contribution is -2.18. The molecule has 1 heterocycles. The minimum absolute atomic E-state index is 0.0524. The molecule has 25 heavy (non-hydrogen) atoms. The van der Waals surface area contributed by atoms with Crippen molar-refractivity contribution in [1.29, 1.82) is 0 Å². The molecule has 1 aromatic heterocycles. The Morgan fingerprint density at radius 3 is 2.60 bits per heavy atom. The highest BCUT2D eigenvalue weighted by Gasteiger charge is 2.07. The van der Waals surface area contributed by atoms with Gasteiger partial charge in [0, 0.05) is 5.39 Å². The van der Waals surface area contributed by atoms with E-state index in [2.05, 4.69) is 20.2 Å². The molecule has 0 aliphatic carbocycles. The van der Waals surface area contributed by atoms with Crippen LogP contribution in [0.25, 0.3) is 10.9 Å². The molecule has 0 radical (unpaired) electrons. The van der Waals surface area contributed by atoms with Gasteiger partial charge in [-0.25, -0.2) is 10.4 Å². The quantitative estimate of drug-likeness (QED) is 0.570. The van der Waals surface area contributed by atoms with E-state index < -0.39 is 12.5 Å². The third kappa shape index (κ3) is 4.35. The summed E-state index contributed by atoms with van der Waals surface area (Å²) in [5, 5.41) is 4.77. The van der Waals surface area contributed by atoms with Crippen molar-refractivity contribution >= 4 is 23.0 Å². The van der Waals surface area contributed by atoms with Gasteiger partial charge in [-0.2, -0.15) is 13.9 Å². The van der Waals surface area contributed by atoms with E-state index in [1.165, 1.54) is 18.3 Å². The fraction of sp³-hybridized carbons (Fsp3) is 0.0556. The third-order valence-corrected chi connectivity index (χ3v) is 3.32. The molecule has 0 aliphatic heterocycles. The van der Waals surface area contributed by atoms with Crippen LogP contribution < -0.4 is 10.2 Å². The summed E-state index contributed by atoms with van der Waals surface area (Å²) in [7, 11) is 0. The van der Waals surface area contributed by atoms with E-state index in [0.29, 0.717) is 11.1 Å². The van der Waals surface area contributed by atoms with E-state index in [9.17, 15) is 13.6 Å². The number of aromatic nitrogens is 1. The van der Waals surface area contributed by atoms with Gasteiger partial charge in [-0.15, -0.1) is 0 Å². The van der Waals surface area contributed by atoms with Crippen LogP contribution >= 0.6 is 0 Å². The Hall–Kier alpha value is -3.35. The van der Waals surface area contributed by atoms with Crippen molar-refractivity contribution in [2.45, 2.75) is 6.61 Å². The summed E-state index contributed by atoms with van der Waals surface area (Å²) in [6, 6.07) is 16.8. The Morgan fingerprint density at radius 1 is 1.08 bits per heavy atom. The summed E-state index contributed by atoms with van der Waals surface area (Å²) in [4.78, 5) is 16.3. The van der Waals surface area contributed by atoms with Crippen LogP contribution in [0.5, 0.6) is 5.75 Å². The number of nitrogens with zero attached hydrogens (tertiary/aromatic N) is 2. The summed E-state index contributed by atoms with van der Waals surface area (Å²) in [6.45, 7) is -2.87. The first-order chi connectivity index (χ1) is 12.1. The third-order valence-electron chi connectivity index (χ3n) is 3.32. The number of hydrazone groups is 1. The van der Waals surface area contributed by atoms with Gasteiger partial charge in [-0.05, 0) is 42.0 Å². The van der Waals surface area contributed by atoms with Crippen LogP contribution in [0.4, 0.5) is 8.78 Å². The molecule has 2 aromatic carbocycles. The number of hydrogen-bond donors (Lipinski definition) is 1. The van der Waals surface area contributed by atoms with Gasteiger partial charge in [0.15, 0.2) is 0 Å². The van der Waals surface area contributed by atoms with Gasteiger partial charge in [0.2, 0.25) is 0 Å². The average molecular weight is 341 g/mol. The molecule has 3 rings (SSSR count). The van der Waals surface area contributed by atoms with Gasteiger partial charge in [-0.3, -0.25) is 4.79 Å². The predicted molar refractivity (Wildman–Crippen MR) is 89.9 cm³/mol. The number of hydrogen-bond acceptors (Lipinski definition) is 4.